The topological polar surface area (TPSA) is 73.3 Å². The molecule has 0 spiro atoms. The molecule has 2 aliphatic heterocycles. The summed E-state index contributed by atoms with van der Waals surface area (Å²) in [6, 6.07) is 8.42. The minimum atomic E-state index is 0. The van der Waals surface area contributed by atoms with Gasteiger partial charge in [0.25, 0.3) is 0 Å². The molecule has 2 heterocycles. The van der Waals surface area contributed by atoms with Gasteiger partial charge < -0.3 is 29.6 Å². The fourth-order valence-corrected chi connectivity index (χ4v) is 3.92. The van der Waals surface area contributed by atoms with E-state index in [0.29, 0.717) is 0 Å². The fraction of sp³-hybridized carbons (Fsp3) is 0.682. The summed E-state index contributed by atoms with van der Waals surface area (Å²) in [5, 5.41) is 6.93. The molecule has 1 aromatic rings. The van der Waals surface area contributed by atoms with E-state index in [-0.39, 0.29) is 35.5 Å². The van der Waals surface area contributed by atoms with Crippen LogP contribution in [0.25, 0.3) is 0 Å². The summed E-state index contributed by atoms with van der Waals surface area (Å²) in [7, 11) is 3.51. The van der Waals surface area contributed by atoms with Crippen LogP contribution >= 0.6 is 24.0 Å². The van der Waals surface area contributed by atoms with Crippen molar-refractivity contribution in [2.24, 2.45) is 4.99 Å². The highest BCUT2D eigenvalue weighted by Gasteiger charge is 2.34. The molecule has 8 heteroatoms. The van der Waals surface area contributed by atoms with E-state index in [1.54, 1.807) is 7.11 Å². The molecule has 170 valence electrons. The predicted octanol–water partition coefficient (Wildman–Crippen LogP) is 2.72. The third-order valence-corrected chi connectivity index (χ3v) is 5.83. The first kappa shape index (κ1) is 25.2. The number of hydrogen-bond acceptors (Lipinski definition) is 5. The first-order valence-electron chi connectivity index (χ1n) is 10.6. The van der Waals surface area contributed by atoms with Crippen molar-refractivity contribution in [3.05, 3.63) is 29.8 Å². The van der Waals surface area contributed by atoms with E-state index in [2.05, 4.69) is 27.8 Å². The van der Waals surface area contributed by atoms with E-state index in [0.717, 1.165) is 83.5 Å². The van der Waals surface area contributed by atoms with Crippen molar-refractivity contribution in [2.75, 3.05) is 60.3 Å². The van der Waals surface area contributed by atoms with Crippen LogP contribution < -0.4 is 15.4 Å². The SMILES string of the molecule is CN=C(NCCCOC1CCOC1)NCC1(c2ccc(OC)cc2)CCOCC1.I. The van der Waals surface area contributed by atoms with Crippen LogP contribution in [0.5, 0.6) is 5.75 Å². The molecule has 1 atom stereocenters. The van der Waals surface area contributed by atoms with E-state index < -0.39 is 0 Å². The van der Waals surface area contributed by atoms with Gasteiger partial charge in [-0.25, -0.2) is 0 Å². The Balaban J connectivity index is 0.00000320. The summed E-state index contributed by atoms with van der Waals surface area (Å²) in [6.07, 6.45) is 4.19. The summed E-state index contributed by atoms with van der Waals surface area (Å²) >= 11 is 0. The van der Waals surface area contributed by atoms with Crippen molar-refractivity contribution in [2.45, 2.75) is 37.2 Å². The number of benzene rings is 1. The lowest BCUT2D eigenvalue weighted by atomic mass is 9.74. The Morgan fingerprint density at radius 1 is 1.13 bits per heavy atom. The Hall–Kier alpha value is -1.10. The Kier molecular flexibility index (Phi) is 11.2. The van der Waals surface area contributed by atoms with Crippen LogP contribution in [0, 0.1) is 0 Å². The molecule has 2 saturated heterocycles. The second-order valence-corrected chi connectivity index (χ2v) is 7.68. The average molecular weight is 533 g/mol. The van der Waals surface area contributed by atoms with Crippen molar-refractivity contribution < 1.29 is 18.9 Å². The first-order chi connectivity index (χ1) is 14.3. The highest BCUT2D eigenvalue weighted by atomic mass is 127. The summed E-state index contributed by atoms with van der Waals surface area (Å²) in [5.74, 6) is 1.71. The molecular weight excluding hydrogens is 497 g/mol. The Morgan fingerprint density at radius 3 is 2.53 bits per heavy atom. The Bertz CT molecular complexity index is 630. The Labute approximate surface area is 197 Å². The third-order valence-electron chi connectivity index (χ3n) is 5.83. The maximum Gasteiger partial charge on any atom is 0.191 e. The van der Waals surface area contributed by atoms with Crippen molar-refractivity contribution in [1.82, 2.24) is 10.6 Å². The molecule has 2 N–H and O–H groups in total. The van der Waals surface area contributed by atoms with Gasteiger partial charge in [-0.3, -0.25) is 4.99 Å². The molecule has 1 aromatic carbocycles. The smallest absolute Gasteiger partial charge is 0.191 e. The number of nitrogens with one attached hydrogen (secondary N) is 2. The molecular formula is C22H36IN3O4. The number of guanidine groups is 1. The number of rotatable bonds is 9. The molecule has 7 nitrogen and oxygen atoms in total. The van der Waals surface area contributed by atoms with Crippen LogP contribution in [0.15, 0.2) is 29.3 Å². The average Bonchev–Trinajstić information content (AvgIpc) is 3.30. The molecule has 0 saturated carbocycles. The fourth-order valence-electron chi connectivity index (χ4n) is 3.92. The molecule has 3 rings (SSSR count). The first-order valence-corrected chi connectivity index (χ1v) is 10.6. The number of methoxy groups -OCH3 is 1. The van der Waals surface area contributed by atoms with Gasteiger partial charge in [0.15, 0.2) is 5.96 Å². The largest absolute Gasteiger partial charge is 0.497 e. The molecule has 0 aromatic heterocycles. The summed E-state index contributed by atoms with van der Waals surface area (Å²) in [4.78, 5) is 4.38. The standard InChI is InChI=1S/C22H35N3O4.HI/c1-23-21(24-11-3-12-29-20-8-13-28-16-20)25-17-22(9-14-27-15-10-22)18-4-6-19(26-2)7-5-18;/h4-7,20H,3,8-17H2,1-2H3,(H2,23,24,25);1H. The summed E-state index contributed by atoms with van der Waals surface area (Å²) < 4.78 is 22.1. The van der Waals surface area contributed by atoms with Crippen molar-refractivity contribution in [1.29, 1.82) is 0 Å². The minimum Gasteiger partial charge on any atom is -0.497 e. The lowest BCUT2D eigenvalue weighted by molar-refractivity contribution is 0.0419. The van der Waals surface area contributed by atoms with E-state index in [9.17, 15) is 0 Å². The molecule has 1 unspecified atom stereocenters. The number of ether oxygens (including phenoxy) is 4. The van der Waals surface area contributed by atoms with Crippen LogP contribution in [0.3, 0.4) is 0 Å². The van der Waals surface area contributed by atoms with Gasteiger partial charge in [0.2, 0.25) is 0 Å². The second-order valence-electron chi connectivity index (χ2n) is 7.68. The zero-order chi connectivity index (χ0) is 20.4. The monoisotopic (exact) mass is 533 g/mol. The number of nitrogens with zero attached hydrogens (tertiary/aromatic N) is 1. The molecule has 0 bridgehead atoms. The van der Waals surface area contributed by atoms with Crippen molar-refractivity contribution >= 4 is 29.9 Å². The maximum absolute atomic E-state index is 5.82. The van der Waals surface area contributed by atoms with Gasteiger partial charge in [0.05, 0.1) is 19.8 Å². The van der Waals surface area contributed by atoms with Crippen LogP contribution in [-0.2, 0) is 19.6 Å². The van der Waals surface area contributed by atoms with E-state index in [4.69, 9.17) is 18.9 Å². The van der Waals surface area contributed by atoms with E-state index in [1.807, 2.05) is 19.2 Å². The molecule has 0 aliphatic carbocycles. The van der Waals surface area contributed by atoms with Gasteiger partial charge in [-0.05, 0) is 43.4 Å². The van der Waals surface area contributed by atoms with E-state index in [1.165, 1.54) is 5.56 Å². The number of halogens is 1. The van der Waals surface area contributed by atoms with Gasteiger partial charge >= 0.3 is 0 Å². The van der Waals surface area contributed by atoms with E-state index >= 15 is 0 Å². The van der Waals surface area contributed by atoms with Gasteiger partial charge in [-0.1, -0.05) is 12.1 Å². The highest BCUT2D eigenvalue weighted by Crippen LogP contribution is 2.35. The van der Waals surface area contributed by atoms with Crippen molar-refractivity contribution in [3.63, 3.8) is 0 Å². The molecule has 2 aliphatic rings. The lowest BCUT2D eigenvalue weighted by Crippen LogP contribution is -2.48. The summed E-state index contributed by atoms with van der Waals surface area (Å²) in [5.41, 5.74) is 1.35. The van der Waals surface area contributed by atoms with Gasteiger partial charge in [0.1, 0.15) is 5.75 Å². The van der Waals surface area contributed by atoms with Crippen LogP contribution in [0.2, 0.25) is 0 Å². The predicted molar refractivity (Wildman–Crippen MR) is 129 cm³/mol. The highest BCUT2D eigenvalue weighted by molar-refractivity contribution is 14.0. The molecule has 30 heavy (non-hydrogen) atoms. The maximum atomic E-state index is 5.82. The number of aliphatic imine (C=N–C) groups is 1. The Morgan fingerprint density at radius 2 is 1.90 bits per heavy atom. The van der Waals surface area contributed by atoms with Gasteiger partial charge in [-0.2, -0.15) is 0 Å². The zero-order valence-corrected chi connectivity index (χ0v) is 20.5. The second kappa shape index (κ2) is 13.3. The summed E-state index contributed by atoms with van der Waals surface area (Å²) in [6.45, 7) is 5.49. The molecule has 0 amide bonds. The normalized spacial score (nSPS) is 21.0. The van der Waals surface area contributed by atoms with Gasteiger partial charge in [-0.15, -0.1) is 24.0 Å². The van der Waals surface area contributed by atoms with Crippen molar-refractivity contribution in [3.8, 4) is 5.75 Å². The zero-order valence-electron chi connectivity index (χ0n) is 18.2. The quantitative estimate of drug-likeness (QED) is 0.220. The van der Waals surface area contributed by atoms with Gasteiger partial charge in [0, 0.05) is 52.0 Å². The molecule has 0 radical (unpaired) electrons. The lowest BCUT2D eigenvalue weighted by Gasteiger charge is -2.38. The van der Waals surface area contributed by atoms with Crippen LogP contribution in [0.4, 0.5) is 0 Å². The molecule has 2 fully saturated rings. The third kappa shape index (κ3) is 7.25. The minimum absolute atomic E-state index is 0. The number of hydrogen-bond donors (Lipinski definition) is 2. The van der Waals surface area contributed by atoms with Crippen LogP contribution in [-0.4, -0.2) is 72.3 Å². The van der Waals surface area contributed by atoms with Crippen LogP contribution in [0.1, 0.15) is 31.2 Å².